The normalized spacial score (nSPS) is 12.7. The molecule has 2 aromatic rings. The van der Waals surface area contributed by atoms with E-state index in [1.165, 1.54) is 6.92 Å². The van der Waals surface area contributed by atoms with Crippen molar-refractivity contribution in [3.05, 3.63) is 70.8 Å². The number of hydrogen-bond acceptors (Lipinski definition) is 6. The van der Waals surface area contributed by atoms with Gasteiger partial charge < -0.3 is 31.3 Å². The van der Waals surface area contributed by atoms with E-state index in [-0.39, 0.29) is 0 Å². The Morgan fingerprint density at radius 1 is 0.667 bits per heavy atom. The Labute approximate surface area is 174 Å². The van der Waals surface area contributed by atoms with Crippen LogP contribution in [0.2, 0.25) is 0 Å². The van der Waals surface area contributed by atoms with Crippen LogP contribution in [0.25, 0.3) is 0 Å². The van der Waals surface area contributed by atoms with Crippen molar-refractivity contribution in [2.45, 2.75) is 39.0 Å². The first kappa shape index (κ1) is 26.7. The number of hydrogen-bond donors (Lipinski definition) is 6. The third-order valence-corrected chi connectivity index (χ3v) is 3.64. The quantitative estimate of drug-likeness (QED) is 0.418. The minimum atomic E-state index is -1.41. The summed E-state index contributed by atoms with van der Waals surface area (Å²) in [5, 5.41) is 43.0. The number of benzene rings is 2. The molecule has 0 heterocycles. The van der Waals surface area contributed by atoms with E-state index in [4.69, 9.17) is 31.3 Å². The standard InChI is InChI=1S/2C9H10O3.C3H7NO2/c2*1-6-2-4-7(5-3-6)8(10)9(11)12;1-2(4)3(5)6/h2*2-5,8,10H,1H3,(H,11,12);2H,4H2,1H3,(H,5,6)/t;;2-/m..1/s1. The molecule has 0 aliphatic carbocycles. The maximum atomic E-state index is 10.3. The summed E-state index contributed by atoms with van der Waals surface area (Å²) in [4.78, 5) is 30.2. The number of aryl methyl sites for hydroxylation is 2. The van der Waals surface area contributed by atoms with Crippen molar-refractivity contribution in [1.82, 2.24) is 0 Å². The minimum absolute atomic E-state index is 0.410. The van der Waals surface area contributed by atoms with Gasteiger partial charge in [-0.3, -0.25) is 4.79 Å². The van der Waals surface area contributed by atoms with Crippen LogP contribution in [0.1, 0.15) is 41.4 Å². The van der Waals surface area contributed by atoms with E-state index in [0.29, 0.717) is 11.1 Å². The van der Waals surface area contributed by atoms with Crippen LogP contribution in [-0.4, -0.2) is 49.5 Å². The lowest BCUT2D eigenvalue weighted by molar-refractivity contribution is -0.147. The molecular formula is C21H27NO8. The molecule has 0 fully saturated rings. The Morgan fingerprint density at radius 3 is 1.07 bits per heavy atom. The van der Waals surface area contributed by atoms with Gasteiger partial charge >= 0.3 is 17.9 Å². The number of aliphatic hydroxyl groups is 2. The van der Waals surface area contributed by atoms with Crippen molar-refractivity contribution < 1.29 is 39.9 Å². The summed E-state index contributed by atoms with van der Waals surface area (Å²) in [6, 6.07) is 12.8. The highest BCUT2D eigenvalue weighted by Gasteiger charge is 2.15. The van der Waals surface area contributed by atoms with Crippen LogP contribution in [0.5, 0.6) is 0 Å². The SMILES string of the molecule is C[C@@H](N)C(=O)O.Cc1ccc(C(O)C(=O)O)cc1.Cc1ccc(C(O)C(=O)O)cc1. The zero-order chi connectivity index (χ0) is 23.4. The van der Waals surface area contributed by atoms with Gasteiger partial charge in [-0.1, -0.05) is 59.7 Å². The molecular weight excluding hydrogens is 394 g/mol. The molecule has 9 heteroatoms. The smallest absolute Gasteiger partial charge is 0.337 e. The second-order valence-electron chi connectivity index (χ2n) is 6.43. The molecule has 164 valence electrons. The maximum absolute atomic E-state index is 10.3. The average Bonchev–Trinajstić information content (AvgIpc) is 2.68. The molecule has 2 aromatic carbocycles. The summed E-state index contributed by atoms with van der Waals surface area (Å²) < 4.78 is 0. The summed E-state index contributed by atoms with van der Waals surface area (Å²) in [5.41, 5.74) is 7.73. The molecule has 0 saturated heterocycles. The van der Waals surface area contributed by atoms with E-state index in [0.717, 1.165) is 11.1 Å². The van der Waals surface area contributed by atoms with Gasteiger partial charge in [0.2, 0.25) is 0 Å². The van der Waals surface area contributed by atoms with E-state index >= 15 is 0 Å². The number of aliphatic carboxylic acids is 3. The van der Waals surface area contributed by atoms with Gasteiger partial charge in [0, 0.05) is 0 Å². The number of nitrogens with two attached hydrogens (primary N) is 1. The summed E-state index contributed by atoms with van der Waals surface area (Å²) in [6.45, 7) is 5.22. The van der Waals surface area contributed by atoms with Crippen LogP contribution in [0.4, 0.5) is 0 Å². The monoisotopic (exact) mass is 421 g/mol. The predicted molar refractivity (Wildman–Crippen MR) is 109 cm³/mol. The largest absolute Gasteiger partial charge is 0.480 e. The highest BCUT2D eigenvalue weighted by molar-refractivity contribution is 5.74. The number of carboxylic acids is 3. The Kier molecular flexibility index (Phi) is 11.6. The van der Waals surface area contributed by atoms with Crippen LogP contribution < -0.4 is 5.73 Å². The van der Waals surface area contributed by atoms with Crippen LogP contribution in [-0.2, 0) is 14.4 Å². The van der Waals surface area contributed by atoms with Crippen molar-refractivity contribution in [2.24, 2.45) is 5.73 Å². The van der Waals surface area contributed by atoms with Crippen molar-refractivity contribution in [3.8, 4) is 0 Å². The van der Waals surface area contributed by atoms with Crippen LogP contribution in [0, 0.1) is 13.8 Å². The third-order valence-electron chi connectivity index (χ3n) is 3.64. The highest BCUT2D eigenvalue weighted by Crippen LogP contribution is 2.14. The maximum Gasteiger partial charge on any atom is 0.337 e. The molecule has 0 saturated carbocycles. The first-order chi connectivity index (χ1) is 13.9. The van der Waals surface area contributed by atoms with Crippen LogP contribution in [0.15, 0.2) is 48.5 Å². The molecule has 2 rings (SSSR count). The zero-order valence-electron chi connectivity index (χ0n) is 16.9. The van der Waals surface area contributed by atoms with E-state index in [9.17, 15) is 14.4 Å². The first-order valence-corrected chi connectivity index (χ1v) is 8.80. The van der Waals surface area contributed by atoms with Gasteiger partial charge in [0.05, 0.1) is 0 Å². The van der Waals surface area contributed by atoms with E-state index < -0.39 is 36.2 Å². The van der Waals surface area contributed by atoms with Gasteiger partial charge in [-0.05, 0) is 31.9 Å². The van der Waals surface area contributed by atoms with E-state index in [1.54, 1.807) is 48.5 Å². The number of rotatable bonds is 5. The molecule has 0 aliphatic rings. The van der Waals surface area contributed by atoms with Crippen molar-refractivity contribution >= 4 is 17.9 Å². The number of aliphatic hydroxyl groups excluding tert-OH is 2. The number of carbonyl (C=O) groups is 3. The zero-order valence-corrected chi connectivity index (χ0v) is 16.9. The summed E-state index contributed by atoms with van der Waals surface area (Å²) in [5.74, 6) is -3.41. The van der Waals surface area contributed by atoms with Gasteiger partial charge in [0.25, 0.3) is 0 Å². The molecule has 0 aromatic heterocycles. The molecule has 0 radical (unpaired) electrons. The van der Waals surface area contributed by atoms with Gasteiger partial charge in [-0.2, -0.15) is 0 Å². The molecule has 0 amide bonds. The molecule has 0 bridgehead atoms. The fourth-order valence-corrected chi connectivity index (χ4v) is 1.78. The van der Waals surface area contributed by atoms with Gasteiger partial charge in [0.1, 0.15) is 6.04 Å². The summed E-state index contributed by atoms with van der Waals surface area (Å²) >= 11 is 0. The number of carboxylic acid groups (broad SMARTS) is 3. The lowest BCUT2D eigenvalue weighted by atomic mass is 10.1. The van der Waals surface area contributed by atoms with Gasteiger partial charge in [-0.25, -0.2) is 9.59 Å². The Morgan fingerprint density at radius 2 is 0.900 bits per heavy atom. The molecule has 2 unspecified atom stereocenters. The predicted octanol–water partition coefficient (Wildman–Crippen LogP) is 1.64. The fraction of sp³-hybridized carbons (Fsp3) is 0.286. The fourth-order valence-electron chi connectivity index (χ4n) is 1.78. The molecule has 3 atom stereocenters. The minimum Gasteiger partial charge on any atom is -0.480 e. The molecule has 7 N–H and O–H groups in total. The molecule has 0 spiro atoms. The topological polar surface area (TPSA) is 178 Å². The lowest BCUT2D eigenvalue weighted by Crippen LogP contribution is -2.25. The second-order valence-corrected chi connectivity index (χ2v) is 6.43. The summed E-state index contributed by atoms with van der Waals surface area (Å²) in [6.07, 6.45) is -2.82. The van der Waals surface area contributed by atoms with E-state index in [1.807, 2.05) is 13.8 Å². The lowest BCUT2D eigenvalue weighted by Gasteiger charge is -2.04. The Hall–Kier alpha value is -3.27. The van der Waals surface area contributed by atoms with Crippen LogP contribution in [0.3, 0.4) is 0 Å². The Bertz CT molecular complexity index is 754. The van der Waals surface area contributed by atoms with E-state index in [2.05, 4.69) is 0 Å². The molecule has 9 nitrogen and oxygen atoms in total. The van der Waals surface area contributed by atoms with Crippen molar-refractivity contribution in [1.29, 1.82) is 0 Å². The molecule has 0 aliphatic heterocycles. The third kappa shape index (κ3) is 10.3. The van der Waals surface area contributed by atoms with Crippen molar-refractivity contribution in [2.75, 3.05) is 0 Å². The van der Waals surface area contributed by atoms with Gasteiger partial charge in [0.15, 0.2) is 12.2 Å². The summed E-state index contributed by atoms with van der Waals surface area (Å²) in [7, 11) is 0. The Balaban J connectivity index is 0.000000447. The average molecular weight is 421 g/mol. The first-order valence-electron chi connectivity index (χ1n) is 8.80. The van der Waals surface area contributed by atoms with Crippen LogP contribution >= 0.6 is 0 Å². The second kappa shape index (κ2) is 13.0. The van der Waals surface area contributed by atoms with Crippen molar-refractivity contribution in [3.63, 3.8) is 0 Å². The van der Waals surface area contributed by atoms with Gasteiger partial charge in [-0.15, -0.1) is 0 Å². The highest BCUT2D eigenvalue weighted by atomic mass is 16.4. The molecule has 30 heavy (non-hydrogen) atoms.